The van der Waals surface area contributed by atoms with Crippen LogP contribution in [0.5, 0.6) is 0 Å². The molecule has 1 saturated heterocycles. The van der Waals surface area contributed by atoms with E-state index in [1.54, 1.807) is 14.0 Å². The van der Waals surface area contributed by atoms with Crippen LogP contribution in [0, 0.1) is 5.92 Å². The van der Waals surface area contributed by atoms with E-state index in [-0.39, 0.29) is 0 Å². The van der Waals surface area contributed by atoms with Crippen LogP contribution in [0.4, 0.5) is 0 Å². The molecule has 0 amide bonds. The van der Waals surface area contributed by atoms with Crippen LogP contribution in [0.15, 0.2) is 0 Å². The number of aliphatic carboxylic acids is 1. The number of piperidine rings is 1. The standard InChI is InChI=1S/C15H31N3O2/c1-12(10-15(2,16-3)14(19)20)18-8-6-13(7-9-18)11-17(4)5/h12-13,16H,6-11H2,1-5H3,(H,19,20). The van der Waals surface area contributed by atoms with Gasteiger partial charge in [-0.3, -0.25) is 4.79 Å². The average molecular weight is 285 g/mol. The minimum Gasteiger partial charge on any atom is -0.480 e. The average Bonchev–Trinajstić information content (AvgIpc) is 2.38. The third-order valence-corrected chi connectivity index (χ3v) is 4.62. The molecule has 0 aromatic heterocycles. The Morgan fingerprint density at radius 1 is 1.45 bits per heavy atom. The molecule has 2 atom stereocenters. The topological polar surface area (TPSA) is 55.8 Å². The van der Waals surface area contributed by atoms with Crippen molar-refractivity contribution < 1.29 is 9.90 Å². The van der Waals surface area contributed by atoms with Gasteiger partial charge in [0.15, 0.2) is 0 Å². The van der Waals surface area contributed by atoms with Crippen LogP contribution in [-0.4, -0.2) is 73.2 Å². The molecule has 5 nitrogen and oxygen atoms in total. The lowest BCUT2D eigenvalue weighted by Gasteiger charge is -2.39. The number of likely N-dealkylation sites (N-methyl/N-ethyl adjacent to an activating group) is 1. The van der Waals surface area contributed by atoms with E-state index in [1.807, 2.05) is 0 Å². The number of carboxylic acid groups (broad SMARTS) is 1. The monoisotopic (exact) mass is 285 g/mol. The van der Waals surface area contributed by atoms with Crippen LogP contribution < -0.4 is 5.32 Å². The molecule has 2 N–H and O–H groups in total. The van der Waals surface area contributed by atoms with Crippen LogP contribution in [0.3, 0.4) is 0 Å². The Hall–Kier alpha value is -0.650. The first-order chi connectivity index (χ1) is 9.28. The largest absolute Gasteiger partial charge is 0.480 e. The fourth-order valence-electron chi connectivity index (χ4n) is 3.11. The summed E-state index contributed by atoms with van der Waals surface area (Å²) >= 11 is 0. The Bertz CT molecular complexity index is 314. The van der Waals surface area contributed by atoms with E-state index >= 15 is 0 Å². The first-order valence-electron chi connectivity index (χ1n) is 7.59. The molecule has 0 aromatic carbocycles. The summed E-state index contributed by atoms with van der Waals surface area (Å²) in [6.45, 7) is 7.24. The third kappa shape index (κ3) is 4.72. The SMILES string of the molecule is CNC(C)(CC(C)N1CCC(CN(C)C)CC1)C(=O)O. The molecule has 0 aromatic rings. The second-order valence-electron chi connectivity index (χ2n) is 6.68. The van der Waals surface area contributed by atoms with Crippen molar-refractivity contribution in [3.05, 3.63) is 0 Å². The number of nitrogens with zero attached hydrogens (tertiary/aromatic N) is 2. The zero-order chi connectivity index (χ0) is 15.3. The highest BCUT2D eigenvalue weighted by molar-refractivity contribution is 5.78. The van der Waals surface area contributed by atoms with Crippen molar-refractivity contribution >= 4 is 5.97 Å². The van der Waals surface area contributed by atoms with E-state index in [2.05, 4.69) is 36.1 Å². The maximum Gasteiger partial charge on any atom is 0.323 e. The highest BCUT2D eigenvalue weighted by Crippen LogP contribution is 2.23. The maximum absolute atomic E-state index is 11.4. The van der Waals surface area contributed by atoms with Crippen molar-refractivity contribution in [2.45, 2.75) is 44.7 Å². The van der Waals surface area contributed by atoms with Crippen molar-refractivity contribution in [1.29, 1.82) is 0 Å². The molecule has 2 unspecified atom stereocenters. The third-order valence-electron chi connectivity index (χ3n) is 4.62. The second kappa shape index (κ2) is 7.38. The van der Waals surface area contributed by atoms with Gasteiger partial charge in [-0.25, -0.2) is 0 Å². The highest BCUT2D eigenvalue weighted by atomic mass is 16.4. The quantitative estimate of drug-likeness (QED) is 0.734. The molecular formula is C15H31N3O2. The van der Waals surface area contributed by atoms with Crippen molar-refractivity contribution in [3.63, 3.8) is 0 Å². The molecule has 0 radical (unpaired) electrons. The molecule has 0 aliphatic carbocycles. The van der Waals surface area contributed by atoms with Gasteiger partial charge in [0.1, 0.15) is 5.54 Å². The van der Waals surface area contributed by atoms with Crippen LogP contribution in [0.1, 0.15) is 33.1 Å². The first kappa shape index (κ1) is 17.4. The minimum atomic E-state index is -0.833. The van der Waals surface area contributed by atoms with E-state index in [4.69, 9.17) is 0 Å². The van der Waals surface area contributed by atoms with Crippen LogP contribution in [-0.2, 0) is 4.79 Å². The van der Waals surface area contributed by atoms with Gasteiger partial charge < -0.3 is 20.2 Å². The fourth-order valence-corrected chi connectivity index (χ4v) is 3.11. The molecule has 20 heavy (non-hydrogen) atoms. The Morgan fingerprint density at radius 2 is 2.00 bits per heavy atom. The lowest BCUT2D eigenvalue weighted by atomic mass is 9.90. The van der Waals surface area contributed by atoms with E-state index in [9.17, 15) is 9.90 Å². The Kier molecular flexibility index (Phi) is 6.43. The summed E-state index contributed by atoms with van der Waals surface area (Å²) in [5.74, 6) is 0.0120. The second-order valence-corrected chi connectivity index (χ2v) is 6.68. The Morgan fingerprint density at radius 3 is 2.40 bits per heavy atom. The molecule has 1 fully saturated rings. The number of nitrogens with one attached hydrogen (secondary N) is 1. The van der Waals surface area contributed by atoms with E-state index in [0.717, 1.165) is 25.6 Å². The summed E-state index contributed by atoms with van der Waals surface area (Å²) in [5.41, 5.74) is -0.833. The molecule has 0 spiro atoms. The number of hydrogen-bond donors (Lipinski definition) is 2. The molecular weight excluding hydrogens is 254 g/mol. The van der Waals surface area contributed by atoms with Crippen molar-refractivity contribution in [2.24, 2.45) is 5.92 Å². The van der Waals surface area contributed by atoms with E-state index in [0.29, 0.717) is 12.5 Å². The van der Waals surface area contributed by atoms with Gasteiger partial charge in [-0.05, 0) is 73.3 Å². The fraction of sp³-hybridized carbons (Fsp3) is 0.933. The molecule has 1 rings (SSSR count). The number of hydrogen-bond acceptors (Lipinski definition) is 4. The number of carboxylic acids is 1. The molecule has 118 valence electrons. The number of carbonyl (C=O) groups is 1. The summed E-state index contributed by atoms with van der Waals surface area (Å²) in [7, 11) is 5.98. The summed E-state index contributed by atoms with van der Waals surface area (Å²) in [5, 5.41) is 12.3. The number of rotatable bonds is 7. The van der Waals surface area contributed by atoms with Gasteiger partial charge in [0, 0.05) is 12.6 Å². The highest BCUT2D eigenvalue weighted by Gasteiger charge is 2.35. The maximum atomic E-state index is 11.4. The molecule has 0 bridgehead atoms. The van der Waals surface area contributed by atoms with Gasteiger partial charge in [-0.1, -0.05) is 0 Å². The van der Waals surface area contributed by atoms with Crippen LogP contribution in [0.2, 0.25) is 0 Å². The number of likely N-dealkylation sites (tertiary alicyclic amines) is 1. The summed E-state index contributed by atoms with van der Waals surface area (Å²) in [6, 6.07) is 0.295. The van der Waals surface area contributed by atoms with Gasteiger partial charge in [0.2, 0.25) is 0 Å². The Labute approximate surface area is 123 Å². The smallest absolute Gasteiger partial charge is 0.323 e. The van der Waals surface area contributed by atoms with Gasteiger partial charge in [0.25, 0.3) is 0 Å². The molecule has 1 heterocycles. The Balaban J connectivity index is 2.46. The molecule has 5 heteroatoms. The van der Waals surface area contributed by atoms with Crippen molar-refractivity contribution in [1.82, 2.24) is 15.1 Å². The van der Waals surface area contributed by atoms with Gasteiger partial charge in [-0.15, -0.1) is 0 Å². The van der Waals surface area contributed by atoms with Gasteiger partial charge >= 0.3 is 5.97 Å². The van der Waals surface area contributed by atoms with Crippen LogP contribution in [0.25, 0.3) is 0 Å². The van der Waals surface area contributed by atoms with E-state index < -0.39 is 11.5 Å². The molecule has 1 aliphatic heterocycles. The predicted octanol–water partition coefficient (Wildman–Crippen LogP) is 1.10. The van der Waals surface area contributed by atoms with Gasteiger partial charge in [-0.2, -0.15) is 0 Å². The summed E-state index contributed by atoms with van der Waals surface area (Å²) in [6.07, 6.45) is 3.06. The minimum absolute atomic E-state index is 0.295. The summed E-state index contributed by atoms with van der Waals surface area (Å²) in [4.78, 5) is 16.0. The van der Waals surface area contributed by atoms with E-state index in [1.165, 1.54) is 12.8 Å². The van der Waals surface area contributed by atoms with Gasteiger partial charge in [0.05, 0.1) is 0 Å². The zero-order valence-electron chi connectivity index (χ0n) is 13.6. The summed E-state index contributed by atoms with van der Waals surface area (Å²) < 4.78 is 0. The van der Waals surface area contributed by atoms with Crippen molar-refractivity contribution in [2.75, 3.05) is 40.8 Å². The lowest BCUT2D eigenvalue weighted by molar-refractivity contribution is -0.144. The zero-order valence-corrected chi connectivity index (χ0v) is 13.6. The van der Waals surface area contributed by atoms with Crippen LogP contribution >= 0.6 is 0 Å². The lowest BCUT2D eigenvalue weighted by Crippen LogP contribution is -2.53. The molecule has 0 saturated carbocycles. The first-order valence-corrected chi connectivity index (χ1v) is 7.59. The normalized spacial score (nSPS) is 22.7. The predicted molar refractivity (Wildman–Crippen MR) is 82.0 cm³/mol. The van der Waals surface area contributed by atoms with Crippen molar-refractivity contribution in [3.8, 4) is 0 Å². The molecule has 1 aliphatic rings.